The molecule has 0 fully saturated rings. The first-order valence-electron chi connectivity index (χ1n) is 4.93. The highest BCUT2D eigenvalue weighted by atomic mass is 35.5. The number of rotatable bonds is 2. The Bertz CT molecular complexity index is 604. The van der Waals surface area contributed by atoms with Crippen LogP contribution in [-0.2, 0) is 6.61 Å². The number of aliphatic hydroxyl groups excluding tert-OH is 1. The van der Waals surface area contributed by atoms with E-state index < -0.39 is 5.82 Å². The van der Waals surface area contributed by atoms with Crippen LogP contribution in [-0.4, -0.2) is 10.1 Å². The molecule has 0 bridgehead atoms. The van der Waals surface area contributed by atoms with Crippen molar-refractivity contribution in [3.63, 3.8) is 0 Å². The Kier molecular flexibility index (Phi) is 4.07. The summed E-state index contributed by atoms with van der Waals surface area (Å²) in [4.78, 5) is 4.04. The van der Waals surface area contributed by atoms with Crippen molar-refractivity contribution < 1.29 is 9.50 Å². The van der Waals surface area contributed by atoms with Crippen molar-refractivity contribution in [1.82, 2.24) is 4.98 Å². The van der Waals surface area contributed by atoms with Crippen LogP contribution in [0.25, 0.3) is 11.3 Å². The van der Waals surface area contributed by atoms with E-state index in [9.17, 15) is 4.39 Å². The molecule has 2 rings (SSSR count). The largest absolute Gasteiger partial charge is 0.392 e. The van der Waals surface area contributed by atoms with E-state index in [0.717, 1.165) is 0 Å². The van der Waals surface area contributed by atoms with Crippen LogP contribution in [0.3, 0.4) is 0 Å². The SMILES string of the molecule is OCc1cc(Cl)nc(-c2cc(F)c(Cl)cc2Cl)c1. The molecule has 0 aliphatic rings. The standard InChI is InChI=1S/C12H7Cl3FNO/c13-8-4-9(14)10(16)3-7(8)11-1-6(5-18)2-12(15)17-11/h1-4,18H,5H2. The highest BCUT2D eigenvalue weighted by Gasteiger charge is 2.11. The zero-order valence-corrected chi connectivity index (χ0v) is 11.2. The monoisotopic (exact) mass is 305 g/mol. The summed E-state index contributed by atoms with van der Waals surface area (Å²) in [5.41, 5.74) is 1.32. The average molecular weight is 307 g/mol. The van der Waals surface area contributed by atoms with E-state index >= 15 is 0 Å². The Morgan fingerprint density at radius 3 is 2.44 bits per heavy atom. The molecule has 0 amide bonds. The van der Waals surface area contributed by atoms with E-state index in [1.165, 1.54) is 18.2 Å². The quantitative estimate of drug-likeness (QED) is 0.661. The van der Waals surface area contributed by atoms with Gasteiger partial charge >= 0.3 is 0 Å². The zero-order valence-electron chi connectivity index (χ0n) is 8.92. The van der Waals surface area contributed by atoms with Crippen molar-refractivity contribution in [2.75, 3.05) is 0 Å². The van der Waals surface area contributed by atoms with Gasteiger partial charge in [0.25, 0.3) is 0 Å². The Balaban J connectivity index is 2.61. The summed E-state index contributed by atoms with van der Waals surface area (Å²) in [6.07, 6.45) is 0. The molecule has 0 spiro atoms. The molecule has 1 N–H and O–H groups in total. The summed E-state index contributed by atoms with van der Waals surface area (Å²) >= 11 is 17.4. The number of pyridine rings is 1. The Labute approximate surface area is 118 Å². The summed E-state index contributed by atoms with van der Waals surface area (Å²) in [7, 11) is 0. The van der Waals surface area contributed by atoms with Gasteiger partial charge in [0.15, 0.2) is 0 Å². The molecule has 1 aromatic carbocycles. The Morgan fingerprint density at radius 1 is 1.06 bits per heavy atom. The van der Waals surface area contributed by atoms with Crippen LogP contribution in [0, 0.1) is 5.82 Å². The predicted molar refractivity (Wildman–Crippen MR) is 70.6 cm³/mol. The first kappa shape index (κ1) is 13.6. The van der Waals surface area contributed by atoms with Gasteiger partial charge in [-0.3, -0.25) is 0 Å². The van der Waals surface area contributed by atoms with E-state index in [1.54, 1.807) is 6.07 Å². The third-order valence-corrected chi connectivity index (χ3v) is 3.12. The van der Waals surface area contributed by atoms with Gasteiger partial charge in [0.2, 0.25) is 0 Å². The lowest BCUT2D eigenvalue weighted by atomic mass is 10.1. The zero-order chi connectivity index (χ0) is 13.3. The smallest absolute Gasteiger partial charge is 0.142 e. The fourth-order valence-electron chi connectivity index (χ4n) is 1.50. The molecule has 0 aliphatic heterocycles. The van der Waals surface area contributed by atoms with Gasteiger partial charge in [0.05, 0.1) is 22.3 Å². The van der Waals surface area contributed by atoms with Gasteiger partial charge in [0.1, 0.15) is 11.0 Å². The lowest BCUT2D eigenvalue weighted by Crippen LogP contribution is -1.92. The molecule has 1 heterocycles. The van der Waals surface area contributed by atoms with Crippen LogP contribution in [0.15, 0.2) is 24.3 Å². The Morgan fingerprint density at radius 2 is 1.78 bits per heavy atom. The van der Waals surface area contributed by atoms with Crippen LogP contribution < -0.4 is 0 Å². The number of aromatic nitrogens is 1. The molecule has 6 heteroatoms. The fraction of sp³-hybridized carbons (Fsp3) is 0.0833. The van der Waals surface area contributed by atoms with Gasteiger partial charge in [-0.15, -0.1) is 0 Å². The number of aliphatic hydroxyl groups is 1. The lowest BCUT2D eigenvalue weighted by molar-refractivity contribution is 0.282. The number of benzene rings is 1. The van der Waals surface area contributed by atoms with Gasteiger partial charge in [0, 0.05) is 5.56 Å². The summed E-state index contributed by atoms with van der Waals surface area (Å²) in [5.74, 6) is -0.594. The van der Waals surface area contributed by atoms with Gasteiger partial charge in [-0.1, -0.05) is 34.8 Å². The van der Waals surface area contributed by atoms with Gasteiger partial charge in [-0.2, -0.15) is 0 Å². The van der Waals surface area contributed by atoms with Crippen molar-refractivity contribution in [2.45, 2.75) is 6.61 Å². The van der Waals surface area contributed by atoms with Crippen LogP contribution in [0.2, 0.25) is 15.2 Å². The molecule has 0 atom stereocenters. The maximum atomic E-state index is 13.4. The van der Waals surface area contributed by atoms with Gasteiger partial charge in [-0.25, -0.2) is 9.37 Å². The first-order chi connectivity index (χ1) is 8.51. The van der Waals surface area contributed by atoms with Crippen molar-refractivity contribution in [3.05, 3.63) is 50.8 Å². The number of hydrogen-bond acceptors (Lipinski definition) is 2. The number of halogens is 4. The van der Waals surface area contributed by atoms with Crippen LogP contribution in [0.5, 0.6) is 0 Å². The highest BCUT2D eigenvalue weighted by Crippen LogP contribution is 2.32. The molecular formula is C12H7Cl3FNO. The topological polar surface area (TPSA) is 33.1 Å². The summed E-state index contributed by atoms with van der Waals surface area (Å²) in [6, 6.07) is 5.59. The van der Waals surface area contributed by atoms with Crippen LogP contribution in [0.4, 0.5) is 4.39 Å². The minimum absolute atomic E-state index is 0.0619. The minimum Gasteiger partial charge on any atom is -0.392 e. The average Bonchev–Trinajstić information content (AvgIpc) is 2.33. The molecule has 0 saturated heterocycles. The molecule has 2 nitrogen and oxygen atoms in total. The Hall–Kier alpha value is -0.870. The third-order valence-electron chi connectivity index (χ3n) is 2.32. The fourth-order valence-corrected chi connectivity index (χ4v) is 2.21. The molecule has 0 unspecified atom stereocenters. The van der Waals surface area contributed by atoms with E-state index in [4.69, 9.17) is 39.9 Å². The predicted octanol–water partition coefficient (Wildman–Crippen LogP) is 4.34. The number of hydrogen-bond donors (Lipinski definition) is 1. The van der Waals surface area contributed by atoms with Crippen molar-refractivity contribution in [2.24, 2.45) is 0 Å². The summed E-state index contributed by atoms with van der Waals surface area (Å²) < 4.78 is 13.4. The summed E-state index contributed by atoms with van der Waals surface area (Å²) in [5, 5.41) is 9.49. The molecule has 2 aromatic rings. The maximum absolute atomic E-state index is 13.4. The second-order valence-corrected chi connectivity index (χ2v) is 4.79. The van der Waals surface area contributed by atoms with E-state index in [0.29, 0.717) is 16.8 Å². The molecule has 1 aromatic heterocycles. The molecule has 94 valence electrons. The molecular weight excluding hydrogens is 299 g/mol. The van der Waals surface area contributed by atoms with Crippen molar-refractivity contribution in [3.8, 4) is 11.3 Å². The van der Waals surface area contributed by atoms with Crippen molar-refractivity contribution >= 4 is 34.8 Å². The molecule has 0 aliphatic carbocycles. The molecule has 0 radical (unpaired) electrons. The molecule has 18 heavy (non-hydrogen) atoms. The second-order valence-electron chi connectivity index (χ2n) is 3.59. The lowest BCUT2D eigenvalue weighted by Gasteiger charge is -2.07. The number of nitrogens with zero attached hydrogens (tertiary/aromatic N) is 1. The highest BCUT2D eigenvalue weighted by molar-refractivity contribution is 6.36. The first-order valence-corrected chi connectivity index (χ1v) is 6.07. The van der Waals surface area contributed by atoms with E-state index in [2.05, 4.69) is 4.98 Å². The van der Waals surface area contributed by atoms with Crippen LogP contribution in [0.1, 0.15) is 5.56 Å². The van der Waals surface area contributed by atoms with E-state index in [1.807, 2.05) is 0 Å². The minimum atomic E-state index is -0.594. The maximum Gasteiger partial charge on any atom is 0.142 e. The second kappa shape index (κ2) is 5.41. The van der Waals surface area contributed by atoms with Gasteiger partial charge < -0.3 is 5.11 Å². The van der Waals surface area contributed by atoms with E-state index in [-0.39, 0.29) is 21.8 Å². The molecule has 0 saturated carbocycles. The normalized spacial score (nSPS) is 10.7. The van der Waals surface area contributed by atoms with Crippen LogP contribution >= 0.6 is 34.8 Å². The third kappa shape index (κ3) is 2.75. The van der Waals surface area contributed by atoms with Crippen molar-refractivity contribution in [1.29, 1.82) is 0 Å². The summed E-state index contributed by atoms with van der Waals surface area (Å²) in [6.45, 7) is -0.192. The van der Waals surface area contributed by atoms with Gasteiger partial charge in [-0.05, 0) is 29.8 Å².